The van der Waals surface area contributed by atoms with E-state index in [2.05, 4.69) is 12.2 Å². The fourth-order valence-corrected chi connectivity index (χ4v) is 4.92. The Morgan fingerprint density at radius 2 is 1.14 bits per heavy atom. The second-order valence-electron chi connectivity index (χ2n) is 8.12. The van der Waals surface area contributed by atoms with Gasteiger partial charge in [-0.2, -0.15) is 0 Å². The third-order valence-electron chi connectivity index (χ3n) is 5.30. The first-order valence-corrected chi connectivity index (χ1v) is 13.2. The molecule has 0 aliphatic carbocycles. The topological polar surface area (TPSA) is 63.2 Å². The number of amides is 1. The Labute approximate surface area is 178 Å². The van der Waals surface area contributed by atoms with Gasteiger partial charge in [0.1, 0.15) is 0 Å². The van der Waals surface area contributed by atoms with Crippen molar-refractivity contribution in [3.05, 3.63) is 24.3 Å². The summed E-state index contributed by atoms with van der Waals surface area (Å²) in [6.07, 6.45) is 17.6. The molecular formula is C24H41NO3S. The van der Waals surface area contributed by atoms with Gasteiger partial charge in [-0.25, -0.2) is 8.42 Å². The van der Waals surface area contributed by atoms with Crippen LogP contribution in [0, 0.1) is 0 Å². The van der Waals surface area contributed by atoms with Crippen molar-refractivity contribution >= 4 is 21.4 Å². The normalized spacial score (nSPS) is 11.5. The number of carbonyl (C=O) groups excluding carboxylic acids is 1. The lowest BCUT2D eigenvalue weighted by Crippen LogP contribution is -2.08. The Morgan fingerprint density at radius 3 is 1.55 bits per heavy atom. The van der Waals surface area contributed by atoms with Crippen LogP contribution in [-0.4, -0.2) is 20.1 Å². The molecule has 0 saturated carbocycles. The molecule has 1 aromatic carbocycles. The molecule has 0 spiro atoms. The Balaban J connectivity index is 2.04. The molecule has 0 unspecified atom stereocenters. The number of sulfone groups is 1. The van der Waals surface area contributed by atoms with Gasteiger partial charge in [-0.05, 0) is 30.7 Å². The standard InChI is InChI=1S/C24H41NO3S/c1-3-4-5-6-7-8-9-10-11-12-13-14-15-16-21-29(27,28)24-19-17-23(18-20-24)25-22(2)26/h17-20H,3-16,21H2,1-2H3,(H,25,26). The fraction of sp³-hybridized carbons (Fsp3) is 0.708. The molecule has 29 heavy (non-hydrogen) atoms. The smallest absolute Gasteiger partial charge is 0.221 e. The average Bonchev–Trinajstić information content (AvgIpc) is 2.68. The molecule has 0 aliphatic rings. The Kier molecular flexibility index (Phi) is 13.7. The summed E-state index contributed by atoms with van der Waals surface area (Å²) in [4.78, 5) is 11.4. The molecule has 1 rings (SSSR count). The van der Waals surface area contributed by atoms with Crippen LogP contribution in [-0.2, 0) is 14.6 Å². The van der Waals surface area contributed by atoms with Gasteiger partial charge < -0.3 is 5.32 Å². The molecule has 0 atom stereocenters. The van der Waals surface area contributed by atoms with Crippen molar-refractivity contribution in [2.24, 2.45) is 0 Å². The van der Waals surface area contributed by atoms with Crippen LogP contribution in [0.1, 0.15) is 104 Å². The summed E-state index contributed by atoms with van der Waals surface area (Å²) < 4.78 is 24.8. The molecule has 1 aromatic rings. The lowest BCUT2D eigenvalue weighted by atomic mass is 10.0. The summed E-state index contributed by atoms with van der Waals surface area (Å²) in [5.74, 6) is 0.0350. The zero-order valence-corrected chi connectivity index (χ0v) is 19.4. The predicted molar refractivity (Wildman–Crippen MR) is 123 cm³/mol. The van der Waals surface area contributed by atoms with Crippen molar-refractivity contribution in [1.29, 1.82) is 0 Å². The summed E-state index contributed by atoms with van der Waals surface area (Å²) in [6, 6.07) is 6.42. The highest BCUT2D eigenvalue weighted by Gasteiger charge is 2.13. The van der Waals surface area contributed by atoms with Crippen molar-refractivity contribution in [2.75, 3.05) is 11.1 Å². The van der Waals surface area contributed by atoms with Gasteiger partial charge in [0.2, 0.25) is 5.91 Å². The third-order valence-corrected chi connectivity index (χ3v) is 7.12. The molecule has 4 nitrogen and oxygen atoms in total. The number of hydrogen-bond acceptors (Lipinski definition) is 3. The Bertz CT molecular complexity index is 653. The van der Waals surface area contributed by atoms with Crippen molar-refractivity contribution in [1.82, 2.24) is 0 Å². The molecule has 0 fully saturated rings. The van der Waals surface area contributed by atoms with E-state index in [1.807, 2.05) is 0 Å². The van der Waals surface area contributed by atoms with Crippen LogP contribution < -0.4 is 5.32 Å². The van der Waals surface area contributed by atoms with Crippen LogP contribution in [0.2, 0.25) is 0 Å². The minimum Gasteiger partial charge on any atom is -0.326 e. The summed E-state index contributed by atoms with van der Waals surface area (Å²) in [5.41, 5.74) is 0.618. The summed E-state index contributed by atoms with van der Waals surface area (Å²) in [6.45, 7) is 3.69. The largest absolute Gasteiger partial charge is 0.326 e. The molecule has 0 aliphatic heterocycles. The molecule has 0 heterocycles. The Hall–Kier alpha value is -1.36. The number of benzene rings is 1. The van der Waals surface area contributed by atoms with Gasteiger partial charge in [0, 0.05) is 12.6 Å². The predicted octanol–water partition coefficient (Wildman–Crippen LogP) is 6.90. The maximum absolute atomic E-state index is 12.4. The first kappa shape index (κ1) is 25.7. The van der Waals surface area contributed by atoms with E-state index >= 15 is 0 Å². The van der Waals surface area contributed by atoms with E-state index in [1.54, 1.807) is 24.3 Å². The van der Waals surface area contributed by atoms with Crippen LogP contribution in [0.25, 0.3) is 0 Å². The lowest BCUT2D eigenvalue weighted by Gasteiger charge is -2.07. The van der Waals surface area contributed by atoms with Crippen LogP contribution in [0.3, 0.4) is 0 Å². The zero-order valence-electron chi connectivity index (χ0n) is 18.5. The van der Waals surface area contributed by atoms with Crippen molar-refractivity contribution in [3.8, 4) is 0 Å². The van der Waals surface area contributed by atoms with E-state index in [-0.39, 0.29) is 11.7 Å². The van der Waals surface area contributed by atoms with E-state index < -0.39 is 9.84 Å². The first-order chi connectivity index (χ1) is 14.0. The molecule has 0 aromatic heterocycles. The fourth-order valence-electron chi connectivity index (χ4n) is 3.55. The van der Waals surface area contributed by atoms with Gasteiger partial charge in [-0.3, -0.25) is 4.79 Å². The first-order valence-electron chi connectivity index (χ1n) is 11.6. The minimum atomic E-state index is -3.23. The second-order valence-corrected chi connectivity index (χ2v) is 10.2. The second kappa shape index (κ2) is 15.5. The number of anilines is 1. The Morgan fingerprint density at radius 1 is 0.724 bits per heavy atom. The van der Waals surface area contributed by atoms with Gasteiger partial charge in [0.05, 0.1) is 10.6 Å². The summed E-state index contributed by atoms with van der Waals surface area (Å²) in [7, 11) is -3.23. The van der Waals surface area contributed by atoms with Crippen LogP contribution in [0.4, 0.5) is 5.69 Å². The number of hydrogen-bond donors (Lipinski definition) is 1. The lowest BCUT2D eigenvalue weighted by molar-refractivity contribution is -0.114. The number of nitrogens with one attached hydrogen (secondary N) is 1. The van der Waals surface area contributed by atoms with E-state index in [1.165, 1.54) is 77.6 Å². The number of rotatable bonds is 17. The van der Waals surface area contributed by atoms with E-state index in [4.69, 9.17) is 0 Å². The highest BCUT2D eigenvalue weighted by molar-refractivity contribution is 7.91. The molecule has 1 amide bonds. The molecule has 0 saturated heterocycles. The maximum atomic E-state index is 12.4. The molecule has 0 radical (unpaired) electrons. The van der Waals surface area contributed by atoms with Crippen LogP contribution in [0.15, 0.2) is 29.2 Å². The highest BCUT2D eigenvalue weighted by Crippen LogP contribution is 2.18. The van der Waals surface area contributed by atoms with Gasteiger partial charge in [0.15, 0.2) is 9.84 Å². The van der Waals surface area contributed by atoms with E-state index in [9.17, 15) is 13.2 Å². The molecule has 0 bridgehead atoms. The maximum Gasteiger partial charge on any atom is 0.221 e. The number of carbonyl (C=O) groups is 1. The average molecular weight is 424 g/mol. The highest BCUT2D eigenvalue weighted by atomic mass is 32.2. The molecule has 5 heteroatoms. The third kappa shape index (κ3) is 12.7. The molecule has 166 valence electrons. The van der Waals surface area contributed by atoms with Crippen LogP contribution in [0.5, 0.6) is 0 Å². The summed E-state index contributed by atoms with van der Waals surface area (Å²) >= 11 is 0. The van der Waals surface area contributed by atoms with Gasteiger partial charge >= 0.3 is 0 Å². The van der Waals surface area contributed by atoms with Crippen LogP contribution >= 0.6 is 0 Å². The van der Waals surface area contributed by atoms with Crippen molar-refractivity contribution in [3.63, 3.8) is 0 Å². The quantitative estimate of drug-likeness (QED) is 0.277. The molecular weight excluding hydrogens is 382 g/mol. The van der Waals surface area contributed by atoms with Gasteiger partial charge in [0.25, 0.3) is 0 Å². The molecule has 1 N–H and O–H groups in total. The SMILES string of the molecule is CCCCCCCCCCCCCCCCS(=O)(=O)c1ccc(NC(C)=O)cc1. The number of unbranched alkanes of at least 4 members (excludes halogenated alkanes) is 13. The minimum absolute atomic E-state index is 0.164. The zero-order chi connectivity index (χ0) is 21.4. The van der Waals surface area contributed by atoms with Crippen molar-refractivity contribution in [2.45, 2.75) is 109 Å². The summed E-state index contributed by atoms with van der Waals surface area (Å²) in [5, 5.41) is 2.65. The van der Waals surface area contributed by atoms with Crippen molar-refractivity contribution < 1.29 is 13.2 Å². The van der Waals surface area contributed by atoms with E-state index in [0.29, 0.717) is 17.0 Å². The van der Waals surface area contributed by atoms with E-state index in [0.717, 1.165) is 12.8 Å². The van der Waals surface area contributed by atoms with Gasteiger partial charge in [-0.1, -0.05) is 90.4 Å². The van der Waals surface area contributed by atoms with Gasteiger partial charge in [-0.15, -0.1) is 0 Å². The monoisotopic (exact) mass is 423 g/mol.